The summed E-state index contributed by atoms with van der Waals surface area (Å²) >= 11 is 0. The molecule has 1 N–H and O–H groups in total. The second-order valence-corrected chi connectivity index (χ2v) is 3.87. The van der Waals surface area contributed by atoms with E-state index in [1.165, 1.54) is 4.90 Å². The highest BCUT2D eigenvalue weighted by atomic mass is 16.5. The van der Waals surface area contributed by atoms with Crippen molar-refractivity contribution in [3.63, 3.8) is 0 Å². The average molecular weight is 231 g/mol. The standard InChI is InChI=1S/C11H21NO4/c1-5-16-7-6-12(4)10(13)8(2)9(3)11(14)15/h8-9H,5-7H2,1-4H3,(H,14,15). The first-order chi connectivity index (χ1) is 7.41. The Morgan fingerprint density at radius 3 is 2.31 bits per heavy atom. The molecule has 0 saturated heterocycles. The smallest absolute Gasteiger partial charge is 0.307 e. The van der Waals surface area contributed by atoms with Gasteiger partial charge >= 0.3 is 5.97 Å². The Hall–Kier alpha value is -1.10. The van der Waals surface area contributed by atoms with Crippen LogP contribution in [0.3, 0.4) is 0 Å². The monoisotopic (exact) mass is 231 g/mol. The van der Waals surface area contributed by atoms with Crippen LogP contribution in [0, 0.1) is 11.8 Å². The molecule has 16 heavy (non-hydrogen) atoms. The number of carboxylic acid groups (broad SMARTS) is 1. The number of nitrogens with zero attached hydrogens (tertiary/aromatic N) is 1. The lowest BCUT2D eigenvalue weighted by molar-refractivity contribution is -0.148. The molecule has 0 spiro atoms. The quantitative estimate of drug-likeness (QED) is 0.659. The predicted molar refractivity (Wildman–Crippen MR) is 60.1 cm³/mol. The van der Waals surface area contributed by atoms with Gasteiger partial charge in [-0.2, -0.15) is 0 Å². The van der Waals surface area contributed by atoms with E-state index in [1.54, 1.807) is 20.9 Å². The van der Waals surface area contributed by atoms with E-state index in [4.69, 9.17) is 9.84 Å². The lowest BCUT2D eigenvalue weighted by atomic mass is 9.95. The number of carboxylic acids is 1. The molecule has 1 amide bonds. The Morgan fingerprint density at radius 2 is 1.88 bits per heavy atom. The summed E-state index contributed by atoms with van der Waals surface area (Å²) in [5.41, 5.74) is 0. The van der Waals surface area contributed by atoms with Crippen LogP contribution in [0.1, 0.15) is 20.8 Å². The SMILES string of the molecule is CCOCCN(C)C(=O)C(C)C(C)C(=O)O. The van der Waals surface area contributed by atoms with E-state index in [2.05, 4.69) is 0 Å². The topological polar surface area (TPSA) is 66.8 Å². The Morgan fingerprint density at radius 1 is 1.31 bits per heavy atom. The van der Waals surface area contributed by atoms with E-state index >= 15 is 0 Å². The molecular weight excluding hydrogens is 210 g/mol. The second-order valence-electron chi connectivity index (χ2n) is 3.87. The summed E-state index contributed by atoms with van der Waals surface area (Å²) in [6.07, 6.45) is 0. The average Bonchev–Trinajstić information content (AvgIpc) is 2.26. The Labute approximate surface area is 96.4 Å². The predicted octanol–water partition coefficient (Wildman–Crippen LogP) is 0.838. The van der Waals surface area contributed by atoms with E-state index in [-0.39, 0.29) is 5.91 Å². The van der Waals surface area contributed by atoms with Crippen LogP contribution in [0.2, 0.25) is 0 Å². The molecule has 5 heteroatoms. The van der Waals surface area contributed by atoms with Gasteiger partial charge in [0.25, 0.3) is 0 Å². The third-order valence-corrected chi connectivity index (χ3v) is 2.68. The fourth-order valence-corrected chi connectivity index (χ4v) is 1.23. The highest BCUT2D eigenvalue weighted by molar-refractivity contribution is 5.84. The van der Waals surface area contributed by atoms with Crippen LogP contribution in [0.4, 0.5) is 0 Å². The molecule has 0 bridgehead atoms. The maximum Gasteiger partial charge on any atom is 0.307 e. The van der Waals surface area contributed by atoms with Gasteiger partial charge in [-0.1, -0.05) is 13.8 Å². The maximum absolute atomic E-state index is 11.8. The van der Waals surface area contributed by atoms with Crippen molar-refractivity contribution in [3.05, 3.63) is 0 Å². The van der Waals surface area contributed by atoms with Crippen molar-refractivity contribution in [1.82, 2.24) is 4.90 Å². The highest BCUT2D eigenvalue weighted by Crippen LogP contribution is 2.13. The third-order valence-electron chi connectivity index (χ3n) is 2.68. The molecule has 0 aliphatic carbocycles. The normalized spacial score (nSPS) is 14.2. The van der Waals surface area contributed by atoms with Crippen molar-refractivity contribution in [3.8, 4) is 0 Å². The molecule has 0 aliphatic rings. The molecule has 0 aromatic rings. The molecule has 94 valence electrons. The van der Waals surface area contributed by atoms with Gasteiger partial charge in [0.2, 0.25) is 5.91 Å². The molecular formula is C11H21NO4. The fourth-order valence-electron chi connectivity index (χ4n) is 1.23. The van der Waals surface area contributed by atoms with Gasteiger partial charge in [0.05, 0.1) is 12.5 Å². The summed E-state index contributed by atoms with van der Waals surface area (Å²) in [5.74, 6) is -2.28. The van der Waals surface area contributed by atoms with E-state index in [1.807, 2.05) is 6.92 Å². The van der Waals surface area contributed by atoms with E-state index in [0.29, 0.717) is 19.8 Å². The molecule has 2 unspecified atom stereocenters. The van der Waals surface area contributed by atoms with Gasteiger partial charge in [0, 0.05) is 26.1 Å². The Bertz CT molecular complexity index is 242. The summed E-state index contributed by atoms with van der Waals surface area (Å²) in [5, 5.41) is 8.80. The summed E-state index contributed by atoms with van der Waals surface area (Å²) in [6.45, 7) is 6.65. The number of carbonyl (C=O) groups is 2. The fraction of sp³-hybridized carbons (Fsp3) is 0.818. The number of carbonyl (C=O) groups excluding carboxylic acids is 1. The Balaban J connectivity index is 4.16. The number of likely N-dealkylation sites (N-methyl/N-ethyl adjacent to an activating group) is 1. The first-order valence-corrected chi connectivity index (χ1v) is 5.47. The van der Waals surface area contributed by atoms with Crippen LogP contribution in [-0.4, -0.2) is 48.7 Å². The van der Waals surface area contributed by atoms with Crippen molar-refractivity contribution in [1.29, 1.82) is 0 Å². The lowest BCUT2D eigenvalue weighted by Gasteiger charge is -2.23. The zero-order valence-electron chi connectivity index (χ0n) is 10.4. The van der Waals surface area contributed by atoms with Crippen LogP contribution in [-0.2, 0) is 14.3 Å². The molecule has 5 nitrogen and oxygen atoms in total. The molecule has 0 rings (SSSR count). The molecule has 0 fully saturated rings. The van der Waals surface area contributed by atoms with Gasteiger partial charge in [0.15, 0.2) is 0 Å². The summed E-state index contributed by atoms with van der Waals surface area (Å²) in [4.78, 5) is 24.0. The van der Waals surface area contributed by atoms with Crippen molar-refractivity contribution < 1.29 is 19.4 Å². The Kier molecular flexibility index (Phi) is 6.72. The largest absolute Gasteiger partial charge is 0.481 e. The summed E-state index contributed by atoms with van der Waals surface area (Å²) in [6, 6.07) is 0. The van der Waals surface area contributed by atoms with Crippen molar-refractivity contribution in [2.45, 2.75) is 20.8 Å². The second kappa shape index (κ2) is 7.22. The van der Waals surface area contributed by atoms with Gasteiger partial charge in [-0.25, -0.2) is 0 Å². The zero-order chi connectivity index (χ0) is 12.7. The first-order valence-electron chi connectivity index (χ1n) is 5.47. The van der Waals surface area contributed by atoms with Crippen LogP contribution >= 0.6 is 0 Å². The molecule has 0 aromatic heterocycles. The van der Waals surface area contributed by atoms with E-state index in [0.717, 1.165) is 0 Å². The van der Waals surface area contributed by atoms with Gasteiger partial charge in [-0.3, -0.25) is 9.59 Å². The van der Waals surface area contributed by atoms with Gasteiger partial charge in [-0.05, 0) is 6.92 Å². The summed E-state index contributed by atoms with van der Waals surface area (Å²) in [7, 11) is 1.66. The van der Waals surface area contributed by atoms with Crippen molar-refractivity contribution in [2.75, 3.05) is 26.8 Å². The minimum absolute atomic E-state index is 0.158. The first kappa shape index (κ1) is 14.9. The number of ether oxygens (including phenoxy) is 1. The van der Waals surface area contributed by atoms with Gasteiger partial charge in [-0.15, -0.1) is 0 Å². The number of hydrogen-bond donors (Lipinski definition) is 1. The molecule has 0 aliphatic heterocycles. The molecule has 0 heterocycles. The number of amides is 1. The molecule has 0 radical (unpaired) electrons. The minimum Gasteiger partial charge on any atom is -0.481 e. The number of rotatable bonds is 7. The van der Waals surface area contributed by atoms with Crippen LogP contribution in [0.25, 0.3) is 0 Å². The van der Waals surface area contributed by atoms with E-state index < -0.39 is 17.8 Å². The number of aliphatic carboxylic acids is 1. The van der Waals surface area contributed by atoms with E-state index in [9.17, 15) is 9.59 Å². The summed E-state index contributed by atoms with van der Waals surface area (Å²) < 4.78 is 5.13. The van der Waals surface area contributed by atoms with Crippen molar-refractivity contribution in [2.24, 2.45) is 11.8 Å². The van der Waals surface area contributed by atoms with Crippen LogP contribution in [0.15, 0.2) is 0 Å². The van der Waals surface area contributed by atoms with Crippen LogP contribution in [0.5, 0.6) is 0 Å². The third kappa shape index (κ3) is 4.61. The lowest BCUT2D eigenvalue weighted by Crippen LogP contribution is -2.38. The molecule has 2 atom stereocenters. The highest BCUT2D eigenvalue weighted by Gasteiger charge is 2.27. The number of hydrogen-bond acceptors (Lipinski definition) is 3. The zero-order valence-corrected chi connectivity index (χ0v) is 10.4. The van der Waals surface area contributed by atoms with Gasteiger partial charge in [0.1, 0.15) is 0 Å². The maximum atomic E-state index is 11.8. The van der Waals surface area contributed by atoms with Crippen LogP contribution < -0.4 is 0 Å². The minimum atomic E-state index is -0.945. The molecule has 0 saturated carbocycles. The molecule has 0 aromatic carbocycles. The van der Waals surface area contributed by atoms with Crippen molar-refractivity contribution >= 4 is 11.9 Å². The van der Waals surface area contributed by atoms with Gasteiger partial charge < -0.3 is 14.7 Å².